The second kappa shape index (κ2) is 9.93. The summed E-state index contributed by atoms with van der Waals surface area (Å²) in [6, 6.07) is 7.24. The predicted molar refractivity (Wildman–Crippen MR) is 99.9 cm³/mol. The minimum Gasteiger partial charge on any atom is -0.454 e. The molecular formula is C15H22IN5O2. The molecule has 2 heterocycles. The maximum Gasteiger partial charge on any atom is 0.284 e. The van der Waals surface area contributed by atoms with Gasteiger partial charge in [-0.1, -0.05) is 0 Å². The normalized spacial score (nSPS) is 10.9. The molecule has 2 aromatic rings. The highest BCUT2D eigenvalue weighted by molar-refractivity contribution is 14.0. The molecule has 0 radical (unpaired) electrons. The van der Waals surface area contributed by atoms with Crippen LogP contribution >= 0.6 is 24.0 Å². The van der Waals surface area contributed by atoms with E-state index in [1.165, 1.54) is 0 Å². The van der Waals surface area contributed by atoms with Gasteiger partial charge in [0.1, 0.15) is 12.3 Å². The molecular weight excluding hydrogens is 409 g/mol. The minimum absolute atomic E-state index is 0. The van der Waals surface area contributed by atoms with E-state index < -0.39 is 5.91 Å². The smallest absolute Gasteiger partial charge is 0.284 e. The number of aromatic nitrogens is 1. The van der Waals surface area contributed by atoms with Gasteiger partial charge in [-0.2, -0.15) is 0 Å². The van der Waals surface area contributed by atoms with Crippen molar-refractivity contribution in [3.8, 4) is 0 Å². The first-order valence-corrected chi connectivity index (χ1v) is 7.20. The van der Waals surface area contributed by atoms with Gasteiger partial charge in [0, 0.05) is 32.0 Å². The van der Waals surface area contributed by atoms with Crippen LogP contribution in [-0.2, 0) is 13.1 Å². The first-order chi connectivity index (χ1) is 10.7. The Morgan fingerprint density at radius 2 is 2.04 bits per heavy atom. The zero-order chi connectivity index (χ0) is 15.8. The number of primary amides is 1. The van der Waals surface area contributed by atoms with Crippen molar-refractivity contribution in [1.82, 2.24) is 15.2 Å². The average molecular weight is 431 g/mol. The summed E-state index contributed by atoms with van der Waals surface area (Å²) in [6.07, 6.45) is 4.03. The molecule has 0 spiro atoms. The molecule has 0 fully saturated rings. The number of guanidine groups is 1. The van der Waals surface area contributed by atoms with Crippen LogP contribution in [-0.4, -0.2) is 29.5 Å². The molecule has 2 aromatic heterocycles. The highest BCUT2D eigenvalue weighted by Crippen LogP contribution is 2.08. The van der Waals surface area contributed by atoms with E-state index in [0.29, 0.717) is 18.3 Å². The van der Waals surface area contributed by atoms with Crippen LogP contribution in [0.2, 0.25) is 0 Å². The van der Waals surface area contributed by atoms with Crippen molar-refractivity contribution in [3.05, 3.63) is 48.2 Å². The molecule has 7 nitrogen and oxygen atoms in total. The SMILES string of the molecule is CCNC(=NCc1ccc(C(N)=O)o1)NCCn1cccc1.I. The summed E-state index contributed by atoms with van der Waals surface area (Å²) in [5, 5.41) is 6.40. The average Bonchev–Trinajstić information content (AvgIpc) is 3.16. The van der Waals surface area contributed by atoms with Crippen molar-refractivity contribution >= 4 is 35.8 Å². The zero-order valence-electron chi connectivity index (χ0n) is 13.0. The lowest BCUT2D eigenvalue weighted by Gasteiger charge is -2.11. The van der Waals surface area contributed by atoms with E-state index >= 15 is 0 Å². The lowest BCUT2D eigenvalue weighted by molar-refractivity contribution is 0.0972. The Balaban J connectivity index is 0.00000264. The standard InChI is InChI=1S/C15H21N5O2.HI/c1-2-17-15(18-7-10-20-8-3-4-9-20)19-11-12-5-6-13(22-12)14(16)21;/h3-6,8-9H,2,7,10-11H2,1H3,(H2,16,21)(H2,17,18,19);1H. The van der Waals surface area contributed by atoms with Crippen LogP contribution in [0.15, 0.2) is 46.1 Å². The minimum atomic E-state index is -0.577. The van der Waals surface area contributed by atoms with Crippen molar-refractivity contribution < 1.29 is 9.21 Å². The van der Waals surface area contributed by atoms with Crippen LogP contribution in [0.5, 0.6) is 0 Å². The van der Waals surface area contributed by atoms with Gasteiger partial charge in [0.05, 0.1) is 0 Å². The number of nitrogens with one attached hydrogen (secondary N) is 2. The lowest BCUT2D eigenvalue weighted by atomic mass is 10.4. The van der Waals surface area contributed by atoms with E-state index in [1.54, 1.807) is 12.1 Å². The number of amides is 1. The molecule has 0 unspecified atom stereocenters. The van der Waals surface area contributed by atoms with Crippen LogP contribution in [0.25, 0.3) is 0 Å². The van der Waals surface area contributed by atoms with Gasteiger partial charge in [0.15, 0.2) is 11.7 Å². The summed E-state index contributed by atoms with van der Waals surface area (Å²) < 4.78 is 7.38. The molecule has 4 N–H and O–H groups in total. The monoisotopic (exact) mass is 431 g/mol. The Hall–Kier alpha value is -1.97. The summed E-state index contributed by atoms with van der Waals surface area (Å²) in [6.45, 7) is 4.71. The highest BCUT2D eigenvalue weighted by atomic mass is 127. The van der Waals surface area contributed by atoms with E-state index in [9.17, 15) is 4.79 Å². The highest BCUT2D eigenvalue weighted by Gasteiger charge is 2.06. The fraction of sp³-hybridized carbons (Fsp3) is 0.333. The molecule has 0 saturated carbocycles. The van der Waals surface area contributed by atoms with Gasteiger partial charge in [0.2, 0.25) is 0 Å². The van der Waals surface area contributed by atoms with Gasteiger partial charge in [-0.15, -0.1) is 24.0 Å². The summed E-state index contributed by atoms with van der Waals surface area (Å²) >= 11 is 0. The van der Waals surface area contributed by atoms with Crippen molar-refractivity contribution in [3.63, 3.8) is 0 Å². The number of carbonyl (C=O) groups is 1. The Kier molecular flexibility index (Phi) is 8.23. The fourth-order valence-corrected chi connectivity index (χ4v) is 1.92. The van der Waals surface area contributed by atoms with Gasteiger partial charge in [0.25, 0.3) is 5.91 Å². The molecule has 126 valence electrons. The Morgan fingerprint density at radius 3 is 2.65 bits per heavy atom. The summed E-state index contributed by atoms with van der Waals surface area (Å²) in [5.41, 5.74) is 5.15. The number of nitrogens with two attached hydrogens (primary N) is 1. The number of hydrogen-bond acceptors (Lipinski definition) is 3. The number of furan rings is 1. The lowest BCUT2D eigenvalue weighted by Crippen LogP contribution is -2.38. The molecule has 0 aliphatic rings. The molecule has 1 amide bonds. The topological polar surface area (TPSA) is 97.6 Å². The van der Waals surface area contributed by atoms with E-state index in [4.69, 9.17) is 10.2 Å². The maximum atomic E-state index is 11.0. The molecule has 0 atom stereocenters. The molecule has 0 aliphatic carbocycles. The third-order valence-electron chi connectivity index (χ3n) is 2.97. The van der Waals surface area contributed by atoms with Gasteiger partial charge < -0.3 is 25.4 Å². The van der Waals surface area contributed by atoms with Crippen LogP contribution in [0.1, 0.15) is 23.2 Å². The third kappa shape index (κ3) is 6.35. The van der Waals surface area contributed by atoms with Crippen molar-refractivity contribution in [2.24, 2.45) is 10.7 Å². The van der Waals surface area contributed by atoms with Crippen LogP contribution in [0, 0.1) is 0 Å². The molecule has 8 heteroatoms. The Bertz CT molecular complexity index is 622. The van der Waals surface area contributed by atoms with Crippen LogP contribution in [0.3, 0.4) is 0 Å². The van der Waals surface area contributed by atoms with Crippen molar-refractivity contribution in [2.45, 2.75) is 20.0 Å². The van der Waals surface area contributed by atoms with E-state index in [0.717, 1.165) is 19.6 Å². The molecule has 0 bridgehead atoms. The number of hydrogen-bond donors (Lipinski definition) is 3. The van der Waals surface area contributed by atoms with E-state index in [-0.39, 0.29) is 29.7 Å². The quantitative estimate of drug-likeness (QED) is 0.352. The Labute approximate surface area is 152 Å². The van der Waals surface area contributed by atoms with Gasteiger partial charge >= 0.3 is 0 Å². The Morgan fingerprint density at radius 1 is 1.30 bits per heavy atom. The van der Waals surface area contributed by atoms with E-state index in [1.807, 2.05) is 31.5 Å². The second-order valence-corrected chi connectivity index (χ2v) is 4.67. The molecule has 0 aromatic carbocycles. The summed E-state index contributed by atoms with van der Waals surface area (Å²) in [5.74, 6) is 0.867. The zero-order valence-corrected chi connectivity index (χ0v) is 15.3. The molecule has 23 heavy (non-hydrogen) atoms. The van der Waals surface area contributed by atoms with Crippen LogP contribution < -0.4 is 16.4 Å². The molecule has 0 saturated heterocycles. The van der Waals surface area contributed by atoms with E-state index in [2.05, 4.69) is 20.2 Å². The first kappa shape index (κ1) is 19.1. The maximum absolute atomic E-state index is 11.0. The third-order valence-corrected chi connectivity index (χ3v) is 2.97. The van der Waals surface area contributed by atoms with Crippen LogP contribution in [0.4, 0.5) is 0 Å². The largest absolute Gasteiger partial charge is 0.454 e. The van der Waals surface area contributed by atoms with Gasteiger partial charge in [-0.3, -0.25) is 4.79 Å². The second-order valence-electron chi connectivity index (χ2n) is 4.67. The van der Waals surface area contributed by atoms with Gasteiger partial charge in [-0.25, -0.2) is 4.99 Å². The fourth-order valence-electron chi connectivity index (χ4n) is 1.92. The van der Waals surface area contributed by atoms with Crippen molar-refractivity contribution in [1.29, 1.82) is 0 Å². The van der Waals surface area contributed by atoms with Crippen molar-refractivity contribution in [2.75, 3.05) is 13.1 Å². The number of halogens is 1. The number of nitrogens with zero attached hydrogens (tertiary/aromatic N) is 2. The first-order valence-electron chi connectivity index (χ1n) is 7.20. The number of rotatable bonds is 7. The number of aliphatic imine (C=N–C) groups is 1. The van der Waals surface area contributed by atoms with Gasteiger partial charge in [-0.05, 0) is 31.2 Å². The summed E-state index contributed by atoms with van der Waals surface area (Å²) in [7, 11) is 0. The number of carbonyl (C=O) groups excluding carboxylic acids is 1. The summed E-state index contributed by atoms with van der Waals surface area (Å²) in [4.78, 5) is 15.4. The molecule has 0 aliphatic heterocycles. The molecule has 2 rings (SSSR count). The predicted octanol–water partition coefficient (Wildman–Crippen LogP) is 1.55.